The van der Waals surface area contributed by atoms with E-state index in [9.17, 15) is 9.00 Å². The average molecular weight is 318 g/mol. The molecule has 2 N–H and O–H groups in total. The van der Waals surface area contributed by atoms with E-state index in [4.69, 9.17) is 9.84 Å². The van der Waals surface area contributed by atoms with Gasteiger partial charge in [-0.25, -0.2) is 13.7 Å². The van der Waals surface area contributed by atoms with E-state index >= 15 is 0 Å². The molecule has 6 nitrogen and oxygen atoms in total. The molecule has 1 amide bonds. The molecular weight excluding hydrogens is 292 g/mol. The molecule has 0 radical (unpaired) electrons. The first-order chi connectivity index (χ1) is 9.66. The molecular formula is C14H26N2O4S. The number of piperidine rings is 1. The van der Waals surface area contributed by atoms with E-state index in [1.54, 1.807) is 0 Å². The average Bonchev–Trinajstić information content (AvgIpc) is 2.68. The first-order valence-corrected chi connectivity index (χ1v) is 8.58. The Hall–Kier alpha value is -0.660. The van der Waals surface area contributed by atoms with E-state index in [1.165, 1.54) is 4.90 Å². The predicted octanol–water partition coefficient (Wildman–Crippen LogP) is 1.59. The zero-order valence-corrected chi connectivity index (χ0v) is 14.0. The fraction of sp³-hybridized carbons (Fsp3) is 0.929. The number of carboxylic acid groups (broad SMARTS) is 1. The number of ether oxygens (including phenoxy) is 1. The summed E-state index contributed by atoms with van der Waals surface area (Å²) in [6.07, 6.45) is 0.637. The lowest BCUT2D eigenvalue weighted by molar-refractivity contribution is 0.0645. The van der Waals surface area contributed by atoms with Gasteiger partial charge in [-0.05, 0) is 40.5 Å². The van der Waals surface area contributed by atoms with Crippen molar-refractivity contribution in [1.29, 1.82) is 0 Å². The maximum atomic E-state index is 12.4. The lowest BCUT2D eigenvalue weighted by atomic mass is 9.73. The summed E-state index contributed by atoms with van der Waals surface area (Å²) in [5.74, 6) is 0. The molecule has 3 atom stereocenters. The van der Waals surface area contributed by atoms with Gasteiger partial charge >= 0.3 is 6.09 Å². The maximum Gasteiger partial charge on any atom is 0.407 e. The highest BCUT2D eigenvalue weighted by atomic mass is 32.2. The van der Waals surface area contributed by atoms with E-state index < -0.39 is 17.1 Å². The fourth-order valence-corrected chi connectivity index (χ4v) is 4.12. The zero-order chi connectivity index (χ0) is 15.8. The molecule has 21 heavy (non-hydrogen) atoms. The van der Waals surface area contributed by atoms with Crippen LogP contribution in [0.4, 0.5) is 4.79 Å². The molecule has 1 spiro atoms. The summed E-state index contributed by atoms with van der Waals surface area (Å²) < 4.78 is 21.1. The molecule has 0 aromatic carbocycles. The normalized spacial score (nSPS) is 30.6. The first-order valence-electron chi connectivity index (χ1n) is 7.43. The van der Waals surface area contributed by atoms with Gasteiger partial charge in [-0.2, -0.15) is 0 Å². The monoisotopic (exact) mass is 318 g/mol. The largest absolute Gasteiger partial charge is 0.465 e. The Labute approximate surface area is 128 Å². The summed E-state index contributed by atoms with van der Waals surface area (Å²) in [4.78, 5) is 12.5. The van der Waals surface area contributed by atoms with Gasteiger partial charge in [-0.15, -0.1) is 0 Å². The second kappa shape index (κ2) is 5.85. The molecule has 2 rings (SSSR count). The molecule has 0 saturated carbocycles. The molecule has 2 heterocycles. The van der Waals surface area contributed by atoms with Crippen LogP contribution in [0.25, 0.3) is 0 Å². The number of nitrogens with zero attached hydrogens (tertiary/aromatic N) is 1. The predicted molar refractivity (Wildman–Crippen MR) is 81.5 cm³/mol. The van der Waals surface area contributed by atoms with Crippen LogP contribution in [0.15, 0.2) is 0 Å². The third-order valence-corrected chi connectivity index (χ3v) is 6.16. The molecule has 0 aliphatic carbocycles. The fourth-order valence-electron chi connectivity index (χ4n) is 3.09. The van der Waals surface area contributed by atoms with Crippen molar-refractivity contribution in [2.75, 3.05) is 19.7 Å². The molecule has 2 aliphatic rings. The SMILES string of the molecule is C[C@@H]1OCC2(CCN(C(=O)O)CC2)[C@@H]1N[S@](=O)C(C)(C)C. The molecule has 0 aromatic rings. The summed E-state index contributed by atoms with van der Waals surface area (Å²) in [7, 11) is -1.15. The summed E-state index contributed by atoms with van der Waals surface area (Å²) in [6.45, 7) is 9.47. The van der Waals surface area contributed by atoms with Crippen LogP contribution in [0.3, 0.4) is 0 Å². The first kappa shape index (κ1) is 16.7. The molecule has 2 aliphatic heterocycles. The smallest absolute Gasteiger partial charge is 0.407 e. The summed E-state index contributed by atoms with van der Waals surface area (Å²) in [5, 5.41) is 9.07. The van der Waals surface area contributed by atoms with Crippen LogP contribution in [0.1, 0.15) is 40.5 Å². The number of nitrogens with one attached hydrogen (secondary N) is 1. The number of rotatable bonds is 2. The van der Waals surface area contributed by atoms with Crippen LogP contribution >= 0.6 is 0 Å². The van der Waals surface area contributed by atoms with Crippen molar-refractivity contribution in [3.63, 3.8) is 0 Å². The van der Waals surface area contributed by atoms with E-state index in [1.807, 2.05) is 27.7 Å². The lowest BCUT2D eigenvalue weighted by Crippen LogP contribution is -2.55. The van der Waals surface area contributed by atoms with Gasteiger partial charge in [0.25, 0.3) is 0 Å². The highest BCUT2D eigenvalue weighted by Gasteiger charge is 2.50. The molecule has 2 saturated heterocycles. The summed E-state index contributed by atoms with van der Waals surface area (Å²) >= 11 is 0. The van der Waals surface area contributed by atoms with Crippen molar-refractivity contribution in [2.24, 2.45) is 5.41 Å². The van der Waals surface area contributed by atoms with E-state index in [-0.39, 0.29) is 22.3 Å². The molecule has 0 unspecified atom stereocenters. The molecule has 122 valence electrons. The van der Waals surface area contributed by atoms with Crippen molar-refractivity contribution >= 4 is 17.1 Å². The van der Waals surface area contributed by atoms with Gasteiger partial charge in [-0.1, -0.05) is 0 Å². The highest BCUT2D eigenvalue weighted by Crippen LogP contribution is 2.42. The van der Waals surface area contributed by atoms with Gasteiger partial charge in [0.2, 0.25) is 0 Å². The quantitative estimate of drug-likeness (QED) is 0.810. The standard InChI is InChI=1S/C14H26N2O4S/c1-10-11(15-21(19)13(2,3)4)14(9-20-10)5-7-16(8-6-14)12(17)18/h10-11,15H,5-9H2,1-4H3,(H,17,18)/t10-,11+,21+/m0/s1. The van der Waals surface area contributed by atoms with Crippen LogP contribution in [0.2, 0.25) is 0 Å². The minimum Gasteiger partial charge on any atom is -0.465 e. The van der Waals surface area contributed by atoms with Gasteiger partial charge in [0.05, 0.1) is 34.5 Å². The van der Waals surface area contributed by atoms with Crippen LogP contribution in [0.5, 0.6) is 0 Å². The zero-order valence-electron chi connectivity index (χ0n) is 13.2. The van der Waals surface area contributed by atoms with Gasteiger partial charge in [0, 0.05) is 18.5 Å². The minimum absolute atomic E-state index is 0.00678. The molecule has 0 aromatic heterocycles. The summed E-state index contributed by atoms with van der Waals surface area (Å²) in [6, 6.07) is 0.00787. The van der Waals surface area contributed by atoms with Crippen LogP contribution in [0, 0.1) is 5.41 Å². The Bertz CT molecular complexity index is 427. The number of hydrogen-bond donors (Lipinski definition) is 2. The van der Waals surface area contributed by atoms with Gasteiger partial charge in [0.15, 0.2) is 0 Å². The molecule has 7 heteroatoms. The van der Waals surface area contributed by atoms with E-state index in [0.717, 1.165) is 12.8 Å². The van der Waals surface area contributed by atoms with Crippen molar-refractivity contribution in [3.05, 3.63) is 0 Å². The van der Waals surface area contributed by atoms with Gasteiger partial charge < -0.3 is 14.7 Å². The van der Waals surface area contributed by atoms with Crippen molar-refractivity contribution in [2.45, 2.75) is 57.4 Å². The third-order valence-electron chi connectivity index (χ3n) is 4.58. The number of amides is 1. The Morgan fingerprint density at radius 1 is 1.38 bits per heavy atom. The minimum atomic E-state index is -1.15. The lowest BCUT2D eigenvalue weighted by Gasteiger charge is -2.42. The van der Waals surface area contributed by atoms with Crippen LogP contribution < -0.4 is 4.72 Å². The van der Waals surface area contributed by atoms with Gasteiger partial charge in [-0.3, -0.25) is 0 Å². The van der Waals surface area contributed by atoms with E-state index in [0.29, 0.717) is 19.7 Å². The van der Waals surface area contributed by atoms with Gasteiger partial charge in [0.1, 0.15) is 0 Å². The number of likely N-dealkylation sites (tertiary alicyclic amines) is 1. The van der Waals surface area contributed by atoms with Crippen LogP contribution in [-0.2, 0) is 15.7 Å². The summed E-state index contributed by atoms with van der Waals surface area (Å²) in [5.41, 5.74) is -0.105. The highest BCUT2D eigenvalue weighted by molar-refractivity contribution is 7.84. The van der Waals surface area contributed by atoms with Crippen molar-refractivity contribution in [3.8, 4) is 0 Å². The third kappa shape index (κ3) is 3.40. The van der Waals surface area contributed by atoms with Crippen molar-refractivity contribution < 1.29 is 18.8 Å². The second-order valence-electron chi connectivity index (χ2n) is 7.12. The van der Waals surface area contributed by atoms with Crippen LogP contribution in [-0.4, -0.2) is 56.9 Å². The van der Waals surface area contributed by atoms with Crippen molar-refractivity contribution in [1.82, 2.24) is 9.62 Å². The Balaban J connectivity index is 2.09. The molecule has 0 bridgehead atoms. The Morgan fingerprint density at radius 3 is 2.43 bits per heavy atom. The Morgan fingerprint density at radius 2 is 1.95 bits per heavy atom. The second-order valence-corrected chi connectivity index (χ2v) is 9.12. The maximum absolute atomic E-state index is 12.4. The number of carbonyl (C=O) groups is 1. The Kier molecular flexibility index (Phi) is 4.66. The topological polar surface area (TPSA) is 78.9 Å². The number of hydrogen-bond acceptors (Lipinski definition) is 3. The molecule has 2 fully saturated rings. The van der Waals surface area contributed by atoms with E-state index in [2.05, 4.69) is 4.72 Å².